The second-order valence-electron chi connectivity index (χ2n) is 7.24. The van der Waals surface area contributed by atoms with E-state index in [9.17, 15) is 20.1 Å². The van der Waals surface area contributed by atoms with Gasteiger partial charge in [-0.3, -0.25) is 19.1 Å². The van der Waals surface area contributed by atoms with Crippen molar-refractivity contribution in [2.24, 2.45) is 10.7 Å². The van der Waals surface area contributed by atoms with Crippen LogP contribution in [-0.4, -0.2) is 32.1 Å². The Bertz CT molecular complexity index is 1320. The number of nitrogens with one attached hydrogen (secondary N) is 1. The summed E-state index contributed by atoms with van der Waals surface area (Å²) in [5, 5.41) is 30.3. The molecule has 8 nitrogen and oxygen atoms in total. The van der Waals surface area contributed by atoms with Crippen molar-refractivity contribution in [1.82, 2.24) is 4.37 Å². The number of H-pyrrole nitrogens is 1. The lowest BCUT2D eigenvalue weighted by Crippen LogP contribution is -2.25. The van der Waals surface area contributed by atoms with Crippen LogP contribution in [0.15, 0.2) is 88.6 Å². The van der Waals surface area contributed by atoms with Crippen LogP contribution in [0.3, 0.4) is 0 Å². The van der Waals surface area contributed by atoms with Crippen LogP contribution in [0, 0.1) is 0 Å². The third kappa shape index (κ3) is 4.89. The van der Waals surface area contributed by atoms with E-state index in [1.165, 1.54) is 12.1 Å². The van der Waals surface area contributed by atoms with Gasteiger partial charge < -0.3 is 21.1 Å². The van der Waals surface area contributed by atoms with Crippen LogP contribution < -0.4 is 16.2 Å². The maximum absolute atomic E-state index is 12.7. The molecule has 0 spiro atoms. The van der Waals surface area contributed by atoms with Crippen molar-refractivity contribution in [3.8, 4) is 11.5 Å². The molecule has 0 radical (unpaired) electrons. The molecule has 0 aliphatic heterocycles. The fourth-order valence-electron chi connectivity index (χ4n) is 3.34. The quantitative estimate of drug-likeness (QED) is 0.210. The number of aromatic hydroxyl groups is 2. The van der Waals surface area contributed by atoms with E-state index in [1.54, 1.807) is 36.4 Å². The van der Waals surface area contributed by atoms with E-state index in [4.69, 9.17) is 5.73 Å². The van der Waals surface area contributed by atoms with Gasteiger partial charge in [-0.05, 0) is 65.6 Å². The van der Waals surface area contributed by atoms with E-state index in [0.717, 1.165) is 17.2 Å². The summed E-state index contributed by atoms with van der Waals surface area (Å²) in [6.45, 7) is -0.0887. The SMILES string of the molecule is NC(=NCC(O)c1cccc(O)c1)c1c(N(c2ccccc2)c2ccc(O)cc2)s[nH]c1=O. The maximum atomic E-state index is 12.7. The second kappa shape index (κ2) is 9.60. The number of aromatic nitrogens is 1. The zero-order chi connectivity index (χ0) is 23.4. The lowest BCUT2D eigenvalue weighted by molar-refractivity contribution is 0.187. The summed E-state index contributed by atoms with van der Waals surface area (Å²) in [7, 11) is 0. The molecule has 0 bridgehead atoms. The number of hydrogen-bond donors (Lipinski definition) is 5. The van der Waals surface area contributed by atoms with Gasteiger partial charge in [0.15, 0.2) is 0 Å². The van der Waals surface area contributed by atoms with Gasteiger partial charge in [-0.15, -0.1) is 0 Å². The van der Waals surface area contributed by atoms with Crippen LogP contribution in [0.4, 0.5) is 16.4 Å². The fourth-order valence-corrected chi connectivity index (χ4v) is 4.23. The minimum absolute atomic E-state index is 0.0218. The van der Waals surface area contributed by atoms with Crippen molar-refractivity contribution >= 4 is 33.7 Å². The topological polar surface area (TPSA) is 135 Å². The number of aliphatic hydroxyl groups is 1. The van der Waals surface area contributed by atoms with Crippen molar-refractivity contribution < 1.29 is 15.3 Å². The van der Waals surface area contributed by atoms with E-state index < -0.39 is 11.7 Å². The maximum Gasteiger partial charge on any atom is 0.271 e. The first-order valence-electron chi connectivity index (χ1n) is 10.1. The van der Waals surface area contributed by atoms with Gasteiger partial charge in [0.25, 0.3) is 5.56 Å². The van der Waals surface area contributed by atoms with Crippen molar-refractivity contribution in [2.75, 3.05) is 11.4 Å². The molecule has 9 heteroatoms. The monoisotopic (exact) mass is 462 g/mol. The summed E-state index contributed by atoms with van der Waals surface area (Å²) in [5.41, 5.74) is 7.99. The Morgan fingerprint density at radius 1 is 0.970 bits per heavy atom. The summed E-state index contributed by atoms with van der Waals surface area (Å²) in [5.74, 6) is 0.134. The van der Waals surface area contributed by atoms with Gasteiger partial charge in [0.2, 0.25) is 0 Å². The predicted octanol–water partition coefficient (Wildman–Crippen LogP) is 3.76. The molecule has 3 aromatic carbocycles. The van der Waals surface area contributed by atoms with Crippen LogP contribution in [-0.2, 0) is 0 Å². The third-order valence-corrected chi connectivity index (χ3v) is 5.82. The largest absolute Gasteiger partial charge is 0.508 e. The van der Waals surface area contributed by atoms with Crippen molar-refractivity contribution in [2.45, 2.75) is 6.10 Å². The first-order chi connectivity index (χ1) is 15.9. The number of phenolic OH excluding ortho intramolecular Hbond substituents is 2. The highest BCUT2D eigenvalue weighted by Gasteiger charge is 2.23. The molecule has 1 heterocycles. The summed E-state index contributed by atoms with van der Waals surface area (Å²) in [6.07, 6.45) is -1.00. The number of amidine groups is 1. The van der Waals surface area contributed by atoms with Gasteiger partial charge >= 0.3 is 0 Å². The normalized spacial score (nSPS) is 12.5. The minimum Gasteiger partial charge on any atom is -0.508 e. The molecule has 0 fully saturated rings. The predicted molar refractivity (Wildman–Crippen MR) is 130 cm³/mol. The number of nitrogens with two attached hydrogens (primary N) is 1. The number of aromatic amines is 1. The molecule has 0 aliphatic rings. The van der Waals surface area contributed by atoms with Gasteiger partial charge in [0, 0.05) is 11.4 Å². The van der Waals surface area contributed by atoms with Crippen molar-refractivity contribution in [1.29, 1.82) is 0 Å². The van der Waals surface area contributed by atoms with E-state index in [0.29, 0.717) is 16.3 Å². The molecule has 6 N–H and O–H groups in total. The number of para-hydroxylation sites is 1. The van der Waals surface area contributed by atoms with Crippen LogP contribution in [0.2, 0.25) is 0 Å². The molecule has 0 saturated heterocycles. The summed E-state index contributed by atoms with van der Waals surface area (Å²) < 4.78 is 2.71. The summed E-state index contributed by atoms with van der Waals surface area (Å²) in [4.78, 5) is 18.8. The molecule has 0 saturated carbocycles. The molecule has 1 unspecified atom stereocenters. The van der Waals surface area contributed by atoms with Crippen LogP contribution in [0.5, 0.6) is 11.5 Å². The Labute approximate surface area is 193 Å². The van der Waals surface area contributed by atoms with Crippen LogP contribution in [0.25, 0.3) is 0 Å². The Morgan fingerprint density at radius 2 is 1.67 bits per heavy atom. The molecule has 1 atom stereocenters. The Balaban J connectivity index is 1.72. The Hall–Kier alpha value is -4.08. The summed E-state index contributed by atoms with van der Waals surface area (Å²) in [6, 6.07) is 22.2. The molecule has 33 heavy (non-hydrogen) atoms. The highest BCUT2D eigenvalue weighted by Crippen LogP contribution is 2.38. The Kier molecular flexibility index (Phi) is 6.43. The Morgan fingerprint density at radius 3 is 2.36 bits per heavy atom. The first kappa shape index (κ1) is 22.1. The molecule has 4 rings (SSSR count). The molecular weight excluding hydrogens is 440 g/mol. The average molecular weight is 463 g/mol. The number of aliphatic hydroxyl groups excluding tert-OH is 1. The van der Waals surface area contributed by atoms with Crippen LogP contribution in [0.1, 0.15) is 17.2 Å². The number of nitrogens with zero attached hydrogens (tertiary/aromatic N) is 2. The minimum atomic E-state index is -1.00. The van der Waals surface area contributed by atoms with E-state index >= 15 is 0 Å². The molecular formula is C24H22N4O4S. The summed E-state index contributed by atoms with van der Waals surface area (Å²) >= 11 is 1.11. The zero-order valence-corrected chi connectivity index (χ0v) is 18.2. The van der Waals surface area contributed by atoms with Gasteiger partial charge in [-0.2, -0.15) is 0 Å². The highest BCUT2D eigenvalue weighted by atomic mass is 32.1. The zero-order valence-electron chi connectivity index (χ0n) is 17.4. The second-order valence-corrected chi connectivity index (χ2v) is 8.03. The van der Waals surface area contributed by atoms with Gasteiger partial charge in [-0.25, -0.2) is 0 Å². The highest BCUT2D eigenvalue weighted by molar-refractivity contribution is 7.10. The molecule has 4 aromatic rings. The number of aliphatic imine (C=N–C) groups is 1. The van der Waals surface area contributed by atoms with Crippen LogP contribution >= 0.6 is 11.5 Å². The smallest absolute Gasteiger partial charge is 0.271 e. The van der Waals surface area contributed by atoms with Gasteiger partial charge in [-0.1, -0.05) is 30.3 Å². The lowest BCUT2D eigenvalue weighted by atomic mass is 10.1. The van der Waals surface area contributed by atoms with Crippen molar-refractivity contribution in [3.05, 3.63) is 100 Å². The van der Waals surface area contributed by atoms with Gasteiger partial charge in [0.1, 0.15) is 27.9 Å². The molecule has 0 aliphatic carbocycles. The standard InChI is InChI=1S/C24H22N4O4S/c25-22(26-14-20(31)15-5-4-8-19(30)13-15)21-23(32)27-33-24(21)28(16-6-2-1-3-7-16)17-9-11-18(29)12-10-17/h1-13,20,29-31H,14H2,(H2,25,26)(H,27,32). The number of phenols is 2. The van der Waals surface area contributed by atoms with Gasteiger partial charge in [0.05, 0.1) is 12.6 Å². The molecule has 168 valence electrons. The third-order valence-electron chi connectivity index (χ3n) is 4.95. The first-order valence-corrected chi connectivity index (χ1v) is 10.9. The number of rotatable bonds is 7. The number of anilines is 3. The molecule has 0 amide bonds. The lowest BCUT2D eigenvalue weighted by Gasteiger charge is -2.24. The average Bonchev–Trinajstić information content (AvgIpc) is 3.20. The van der Waals surface area contributed by atoms with E-state index in [1.807, 2.05) is 35.2 Å². The number of hydrogen-bond acceptors (Lipinski definition) is 7. The number of benzene rings is 3. The molecule has 1 aromatic heterocycles. The van der Waals surface area contributed by atoms with Crippen molar-refractivity contribution in [3.63, 3.8) is 0 Å². The van der Waals surface area contributed by atoms with E-state index in [-0.39, 0.29) is 29.4 Å². The van der Waals surface area contributed by atoms with E-state index in [2.05, 4.69) is 9.37 Å². The fraction of sp³-hybridized carbons (Fsp3) is 0.0833.